The molecule has 0 bridgehead atoms. The molecule has 123 heavy (non-hydrogen) atoms. The molecular formula is C99H118N12O8S4. The van der Waals surface area contributed by atoms with Crippen LogP contribution in [0.4, 0.5) is 46.0 Å². The third kappa shape index (κ3) is 29.4. The van der Waals surface area contributed by atoms with Crippen molar-refractivity contribution in [3.05, 3.63) is 258 Å². The molecule has 0 fully saturated rings. The van der Waals surface area contributed by atoms with E-state index < -0.39 is 23.9 Å². The number of nitrogens with zero attached hydrogens (tertiary/aromatic N) is 8. The van der Waals surface area contributed by atoms with Gasteiger partial charge in [-0.2, -0.15) is 0 Å². The molecule has 8 N–H and O–H groups in total. The number of aliphatic carboxylic acids is 3. The van der Waals surface area contributed by atoms with Crippen LogP contribution >= 0.6 is 45.3 Å². The molecule has 0 aliphatic carbocycles. The third-order valence-electron chi connectivity index (χ3n) is 20.4. The zero-order chi connectivity index (χ0) is 88.2. The second-order valence-corrected chi connectivity index (χ2v) is 34.7. The lowest BCUT2D eigenvalue weighted by Crippen LogP contribution is -2.07. The van der Waals surface area contributed by atoms with E-state index >= 15 is 0 Å². The molecule has 0 saturated carbocycles. The van der Waals surface area contributed by atoms with Crippen LogP contribution < -0.4 is 21.3 Å². The van der Waals surface area contributed by atoms with Crippen LogP contribution in [0.3, 0.4) is 0 Å². The lowest BCUT2D eigenvalue weighted by molar-refractivity contribution is -0.137. The standard InChI is InChI=1S/C26H31N3O2S.C25H29N3O2S.2C24H29N3O2S/c1-4-7-8-10-20-15-16-23(32-20)26-28-22(6-3)21(9-5-2)25(29-26)27-19-13-11-18(12-14-19)17-24(30)31;1-4-6-7-9-20-14-15-22(31-20)25-26-17(3)21(8-5-2)24(28-25)27-19-12-10-18(11-13-19)16-23(29)30;1-4-6-7-8-19-13-14-21(30-19)24-25-16(3)20(5-2)23(27-24)26-18-11-9-17(10-12-18)15-22(28)29;1-4-7-8-9-18-14-15-21(30-18)23-26-20(6-3)19(5-2)22(27-23)25-17-12-10-16(11-13-17)24(28)29/h5,11-16H,2,4,6-10,17H2,1,3H3,(H,30,31)(H,27,28,29);5,10-15H,2,4,6-9,16H2,1,3H3,(H,29,30)(H,26,27,28);9-14H,4-8,15H2,1-3H3,(H,28,29)(H,25,26,27);10-15H,4-9H2,1-3H3,(H,28,29)(H,25,26,27). The molecule has 0 unspecified atom stereocenters. The molecule has 24 heteroatoms. The van der Waals surface area contributed by atoms with Gasteiger partial charge in [-0.3, -0.25) is 14.4 Å². The summed E-state index contributed by atoms with van der Waals surface area (Å²) >= 11 is 7.07. The van der Waals surface area contributed by atoms with Crippen molar-refractivity contribution in [2.24, 2.45) is 0 Å². The fourth-order valence-corrected chi connectivity index (χ4v) is 17.8. The minimum Gasteiger partial charge on any atom is -0.481 e. The van der Waals surface area contributed by atoms with Crippen molar-refractivity contribution in [2.75, 3.05) is 21.3 Å². The molecule has 8 heterocycles. The Hall–Kier alpha value is -11.4. The predicted octanol–water partition coefficient (Wildman–Crippen LogP) is 25.6. The van der Waals surface area contributed by atoms with Gasteiger partial charge in [0, 0.05) is 87.3 Å². The Labute approximate surface area is 741 Å². The minimum absolute atomic E-state index is 0.0116. The van der Waals surface area contributed by atoms with Crippen molar-refractivity contribution >= 4 is 115 Å². The number of rotatable bonds is 43. The average Bonchev–Trinajstić information content (AvgIpc) is 1.81. The number of aromatic carboxylic acids is 1. The zero-order valence-electron chi connectivity index (χ0n) is 72.7. The Bertz CT molecular complexity index is 5430. The van der Waals surface area contributed by atoms with Crippen molar-refractivity contribution in [3.8, 4) is 42.8 Å². The summed E-state index contributed by atoms with van der Waals surface area (Å²) < 4.78 is 0. The molecule has 0 radical (unpaired) electrons. The number of thiophene rings is 4. The van der Waals surface area contributed by atoms with E-state index in [1.165, 1.54) is 96.6 Å². The number of nitrogens with one attached hydrogen (secondary N) is 4. The summed E-state index contributed by atoms with van der Waals surface area (Å²) in [6.45, 7) is 29.1. The van der Waals surface area contributed by atoms with Crippen LogP contribution in [0, 0.1) is 13.8 Å². The minimum atomic E-state index is -0.930. The molecular weight excluding hydrogens is 1610 g/mol. The van der Waals surface area contributed by atoms with Gasteiger partial charge in [0.15, 0.2) is 23.3 Å². The molecule has 12 rings (SSSR count). The van der Waals surface area contributed by atoms with Crippen molar-refractivity contribution in [2.45, 2.75) is 230 Å². The number of allylic oxidation sites excluding steroid dienone is 2. The van der Waals surface area contributed by atoms with Gasteiger partial charge in [0.2, 0.25) is 0 Å². The Balaban J connectivity index is 0.000000186. The van der Waals surface area contributed by atoms with E-state index in [1.54, 1.807) is 69.6 Å². The monoisotopic (exact) mass is 1730 g/mol. The van der Waals surface area contributed by atoms with Crippen LogP contribution in [0.15, 0.2) is 171 Å². The number of carboxylic acids is 4. The maximum atomic E-state index is 11.1. The van der Waals surface area contributed by atoms with Crippen LogP contribution in [0.25, 0.3) is 42.8 Å². The van der Waals surface area contributed by atoms with E-state index in [9.17, 15) is 19.2 Å². The van der Waals surface area contributed by atoms with E-state index in [0.29, 0.717) is 12.8 Å². The van der Waals surface area contributed by atoms with Crippen LogP contribution in [0.5, 0.6) is 0 Å². The highest BCUT2D eigenvalue weighted by atomic mass is 32.1. The molecule has 20 nitrogen and oxygen atoms in total. The summed E-state index contributed by atoms with van der Waals surface area (Å²) in [6, 6.07) is 46.3. The van der Waals surface area contributed by atoms with E-state index in [1.807, 2.05) is 98.8 Å². The first kappa shape index (κ1) is 95.4. The van der Waals surface area contributed by atoms with Gasteiger partial charge in [0.05, 0.1) is 44.3 Å². The molecule has 4 aromatic carbocycles. The predicted molar refractivity (Wildman–Crippen MR) is 509 cm³/mol. The number of hydrogen-bond donors (Lipinski definition) is 8. The topological polar surface area (TPSA) is 300 Å². The van der Waals surface area contributed by atoms with Gasteiger partial charge >= 0.3 is 23.9 Å². The number of unbranched alkanes of at least 4 members (excludes halogenated alkanes) is 8. The van der Waals surface area contributed by atoms with Gasteiger partial charge in [0.25, 0.3) is 0 Å². The molecule has 646 valence electrons. The number of hydrogen-bond acceptors (Lipinski definition) is 20. The first-order valence-electron chi connectivity index (χ1n) is 43.0. The van der Waals surface area contributed by atoms with E-state index in [0.717, 1.165) is 202 Å². The number of carbonyl (C=O) groups is 4. The second kappa shape index (κ2) is 49.6. The molecule has 0 aliphatic rings. The largest absolute Gasteiger partial charge is 0.481 e. The van der Waals surface area contributed by atoms with Crippen molar-refractivity contribution in [1.29, 1.82) is 0 Å². The molecule has 8 aromatic heterocycles. The number of carboxylic acid groups (broad SMARTS) is 4. The Morgan fingerprint density at radius 2 is 0.602 bits per heavy atom. The Kier molecular flexibility index (Phi) is 38.5. The van der Waals surface area contributed by atoms with Gasteiger partial charge in [-0.15, -0.1) is 58.5 Å². The first-order valence-corrected chi connectivity index (χ1v) is 46.3. The summed E-state index contributed by atoms with van der Waals surface area (Å²) in [5.74, 6) is 2.68. The maximum Gasteiger partial charge on any atom is 0.335 e. The summed E-state index contributed by atoms with van der Waals surface area (Å²) in [7, 11) is 0. The van der Waals surface area contributed by atoms with Gasteiger partial charge in [-0.1, -0.05) is 155 Å². The zero-order valence-corrected chi connectivity index (χ0v) is 76.0. The Morgan fingerprint density at radius 3 is 0.894 bits per heavy atom. The summed E-state index contributed by atoms with van der Waals surface area (Å²) in [5, 5.41) is 49.6. The van der Waals surface area contributed by atoms with E-state index in [4.69, 9.17) is 60.3 Å². The van der Waals surface area contributed by atoms with E-state index in [-0.39, 0.29) is 24.8 Å². The molecule has 0 amide bonds. The number of aromatic nitrogens is 8. The van der Waals surface area contributed by atoms with Crippen molar-refractivity contribution in [3.63, 3.8) is 0 Å². The van der Waals surface area contributed by atoms with Gasteiger partial charge in [-0.05, 0) is 230 Å². The molecule has 0 atom stereocenters. The van der Waals surface area contributed by atoms with Crippen molar-refractivity contribution < 1.29 is 39.6 Å². The van der Waals surface area contributed by atoms with Gasteiger partial charge < -0.3 is 41.7 Å². The number of benzene rings is 4. The van der Waals surface area contributed by atoms with Gasteiger partial charge in [0.1, 0.15) is 23.3 Å². The van der Waals surface area contributed by atoms with E-state index in [2.05, 4.69) is 138 Å². The van der Waals surface area contributed by atoms with Crippen LogP contribution in [0.1, 0.15) is 224 Å². The fraction of sp³-hybridized carbons (Fsp3) is 0.354. The smallest absolute Gasteiger partial charge is 0.335 e. The summed E-state index contributed by atoms with van der Waals surface area (Å²) in [4.78, 5) is 92.4. The Morgan fingerprint density at radius 1 is 0.325 bits per heavy atom. The highest BCUT2D eigenvalue weighted by Crippen LogP contribution is 2.37. The maximum absolute atomic E-state index is 11.1. The fourth-order valence-electron chi connectivity index (χ4n) is 13.8. The summed E-state index contributed by atoms with van der Waals surface area (Å²) in [6.07, 6.45) is 27.6. The lowest BCUT2D eigenvalue weighted by Gasteiger charge is -2.15. The average molecular weight is 1730 g/mol. The number of aryl methyl sites for hydroxylation is 8. The van der Waals surface area contributed by atoms with Crippen LogP contribution in [-0.2, 0) is 97.9 Å². The van der Waals surface area contributed by atoms with Crippen molar-refractivity contribution in [1.82, 2.24) is 39.9 Å². The molecule has 0 saturated heterocycles. The first-order chi connectivity index (χ1) is 59.6. The summed E-state index contributed by atoms with van der Waals surface area (Å²) in [5.41, 5.74) is 14.2. The third-order valence-corrected chi connectivity index (χ3v) is 25.0. The highest BCUT2D eigenvalue weighted by molar-refractivity contribution is 7.16. The lowest BCUT2D eigenvalue weighted by atomic mass is 10.1. The normalized spacial score (nSPS) is 10.8. The molecule has 0 aliphatic heterocycles. The van der Waals surface area contributed by atoms with Crippen LogP contribution in [0.2, 0.25) is 0 Å². The van der Waals surface area contributed by atoms with Crippen LogP contribution in [-0.4, -0.2) is 84.2 Å². The highest BCUT2D eigenvalue weighted by Gasteiger charge is 2.21. The second-order valence-electron chi connectivity index (χ2n) is 30.0. The van der Waals surface area contributed by atoms with Gasteiger partial charge in [-0.25, -0.2) is 44.7 Å². The number of anilines is 8. The quantitative estimate of drug-likeness (QED) is 0.0130. The molecule has 12 aromatic rings. The molecule has 0 spiro atoms. The SMILES string of the molecule is C=CCc1c(C)nc(-c2ccc(CCCCC)s2)nc1Nc1ccc(CC(=O)O)cc1.C=CCc1c(CC)nc(-c2ccc(CCCCC)s2)nc1Nc1ccc(CC(=O)O)cc1.CCCCCc1ccc(-c2nc(C)c(CC)c(Nc3ccc(CC(=O)O)cc3)n2)s1.CCCCCc1ccc(-c2nc(CC)c(CC)c(Nc3ccc(C(=O)O)cc3)n2)s1.